The second-order valence-electron chi connectivity index (χ2n) is 6.66. The highest BCUT2D eigenvalue weighted by molar-refractivity contribution is 9.10. The van der Waals surface area contributed by atoms with Gasteiger partial charge in [-0.1, -0.05) is 43.6 Å². The molecule has 0 saturated heterocycles. The van der Waals surface area contributed by atoms with Crippen molar-refractivity contribution < 1.29 is 0 Å². The number of hydrogen-bond donors (Lipinski definition) is 1. The van der Waals surface area contributed by atoms with Crippen molar-refractivity contribution in [2.24, 2.45) is 11.8 Å². The summed E-state index contributed by atoms with van der Waals surface area (Å²) in [5.41, 5.74) is 2.46. The van der Waals surface area contributed by atoms with E-state index in [2.05, 4.69) is 86.1 Å². The number of nitrogens with zero attached hydrogens (tertiary/aromatic N) is 1. The first kappa shape index (κ1) is 17.4. The van der Waals surface area contributed by atoms with E-state index in [9.17, 15) is 0 Å². The van der Waals surface area contributed by atoms with Crippen LogP contribution in [0.1, 0.15) is 40.5 Å². The maximum atomic E-state index is 3.76. The second kappa shape index (κ2) is 7.92. The Labute approximate surface area is 133 Å². The third-order valence-corrected chi connectivity index (χ3v) is 3.81. The lowest BCUT2D eigenvalue weighted by atomic mass is 9.95. The smallest absolute Gasteiger partial charge is 0.0597 e. The Hall–Kier alpha value is -0.700. The van der Waals surface area contributed by atoms with E-state index in [1.165, 1.54) is 24.2 Å². The Balaban J connectivity index is 2.93. The first-order chi connectivity index (χ1) is 9.29. The van der Waals surface area contributed by atoms with Crippen LogP contribution in [0, 0.1) is 11.8 Å². The summed E-state index contributed by atoms with van der Waals surface area (Å²) in [7, 11) is 4.18. The lowest BCUT2D eigenvalue weighted by Gasteiger charge is -2.27. The fourth-order valence-electron chi connectivity index (χ4n) is 2.59. The molecule has 0 atom stereocenters. The molecule has 3 heteroatoms. The van der Waals surface area contributed by atoms with Crippen molar-refractivity contribution in [1.82, 2.24) is 0 Å². The van der Waals surface area contributed by atoms with Crippen LogP contribution in [0.25, 0.3) is 0 Å². The molecular formula is C17H29BrN2. The minimum atomic E-state index is 0.531. The van der Waals surface area contributed by atoms with Crippen LogP contribution in [0.4, 0.5) is 11.4 Å². The van der Waals surface area contributed by atoms with E-state index in [0.717, 1.165) is 4.47 Å². The van der Waals surface area contributed by atoms with E-state index in [1.54, 1.807) is 0 Å². The second-order valence-corrected chi connectivity index (χ2v) is 7.57. The minimum absolute atomic E-state index is 0.531. The quantitative estimate of drug-likeness (QED) is 0.715. The molecular weight excluding hydrogens is 312 g/mol. The molecule has 0 aliphatic carbocycles. The fourth-order valence-corrected chi connectivity index (χ4v) is 2.95. The van der Waals surface area contributed by atoms with Gasteiger partial charge >= 0.3 is 0 Å². The third kappa shape index (κ3) is 5.74. The highest BCUT2D eigenvalue weighted by Gasteiger charge is 2.15. The zero-order valence-corrected chi connectivity index (χ0v) is 15.3. The number of rotatable bonds is 7. The van der Waals surface area contributed by atoms with Gasteiger partial charge in [0.1, 0.15) is 0 Å². The zero-order chi connectivity index (χ0) is 15.3. The van der Waals surface area contributed by atoms with E-state index in [4.69, 9.17) is 0 Å². The fraction of sp³-hybridized carbons (Fsp3) is 0.647. The average molecular weight is 341 g/mol. The van der Waals surface area contributed by atoms with Gasteiger partial charge in [0.05, 0.1) is 11.4 Å². The number of anilines is 2. The molecule has 1 aromatic rings. The maximum absolute atomic E-state index is 3.76. The summed E-state index contributed by atoms with van der Waals surface area (Å²) in [5, 5.41) is 3.76. The summed E-state index contributed by atoms with van der Waals surface area (Å²) in [6.07, 6.45) is 2.41. The van der Waals surface area contributed by atoms with Gasteiger partial charge in [-0.25, -0.2) is 0 Å². The van der Waals surface area contributed by atoms with E-state index < -0.39 is 0 Å². The van der Waals surface area contributed by atoms with E-state index in [1.807, 2.05) is 0 Å². The summed E-state index contributed by atoms with van der Waals surface area (Å²) in [5.74, 6) is 1.42. The van der Waals surface area contributed by atoms with Crippen LogP contribution in [-0.4, -0.2) is 20.1 Å². The van der Waals surface area contributed by atoms with Crippen LogP contribution < -0.4 is 10.2 Å². The van der Waals surface area contributed by atoms with Crippen molar-refractivity contribution in [2.75, 3.05) is 24.3 Å². The van der Waals surface area contributed by atoms with Crippen molar-refractivity contribution in [3.8, 4) is 0 Å². The third-order valence-electron chi connectivity index (χ3n) is 3.31. The molecule has 1 rings (SSSR count). The molecule has 0 unspecified atom stereocenters. The molecule has 0 radical (unpaired) electrons. The lowest BCUT2D eigenvalue weighted by molar-refractivity contribution is 0.442. The Bertz CT molecular complexity index is 403. The first-order valence-corrected chi connectivity index (χ1v) is 8.32. The summed E-state index contributed by atoms with van der Waals surface area (Å²) >= 11 is 3.58. The minimum Gasteiger partial charge on any atom is -0.381 e. The first-order valence-electron chi connectivity index (χ1n) is 7.53. The van der Waals surface area contributed by atoms with Crippen molar-refractivity contribution in [3.05, 3.63) is 22.7 Å². The van der Waals surface area contributed by atoms with Crippen LogP contribution in [0.2, 0.25) is 0 Å². The Morgan fingerprint density at radius 3 is 2.05 bits per heavy atom. The predicted octanol–water partition coefficient (Wildman–Crippen LogP) is 5.39. The van der Waals surface area contributed by atoms with Gasteiger partial charge in [-0.05, 0) is 42.9 Å². The highest BCUT2D eigenvalue weighted by Crippen LogP contribution is 2.30. The largest absolute Gasteiger partial charge is 0.381 e. The normalized spacial score (nSPS) is 11.5. The van der Waals surface area contributed by atoms with Gasteiger partial charge in [0.15, 0.2) is 0 Å². The SMILES string of the molecule is CC(C)CC(CC(C)C)Nc1cc(Br)ccc1N(C)C. The van der Waals surface area contributed by atoms with Gasteiger partial charge < -0.3 is 10.2 Å². The molecule has 0 fully saturated rings. The van der Waals surface area contributed by atoms with Gasteiger partial charge in [-0.15, -0.1) is 0 Å². The average Bonchev–Trinajstić information content (AvgIpc) is 2.26. The molecule has 0 aromatic heterocycles. The number of halogens is 1. The van der Waals surface area contributed by atoms with Crippen molar-refractivity contribution >= 4 is 27.3 Å². The van der Waals surface area contributed by atoms with Gasteiger partial charge in [-0.2, -0.15) is 0 Å². The molecule has 20 heavy (non-hydrogen) atoms. The van der Waals surface area contributed by atoms with Crippen molar-refractivity contribution in [2.45, 2.75) is 46.6 Å². The molecule has 0 amide bonds. The maximum Gasteiger partial charge on any atom is 0.0597 e. The highest BCUT2D eigenvalue weighted by atomic mass is 79.9. The molecule has 0 aliphatic rings. The monoisotopic (exact) mass is 340 g/mol. The van der Waals surface area contributed by atoms with Gasteiger partial charge in [0.25, 0.3) is 0 Å². The topological polar surface area (TPSA) is 15.3 Å². The molecule has 1 aromatic carbocycles. The zero-order valence-electron chi connectivity index (χ0n) is 13.7. The molecule has 114 valence electrons. The van der Waals surface area contributed by atoms with Crippen LogP contribution in [-0.2, 0) is 0 Å². The molecule has 1 N–H and O–H groups in total. The van der Waals surface area contributed by atoms with Crippen LogP contribution in [0.5, 0.6) is 0 Å². The summed E-state index contributed by atoms with van der Waals surface area (Å²) in [4.78, 5) is 2.16. The lowest BCUT2D eigenvalue weighted by Crippen LogP contribution is -2.25. The van der Waals surface area contributed by atoms with Gasteiger partial charge in [-0.3, -0.25) is 0 Å². The number of benzene rings is 1. The van der Waals surface area contributed by atoms with E-state index in [0.29, 0.717) is 17.9 Å². The summed E-state index contributed by atoms with van der Waals surface area (Å²) in [6, 6.07) is 6.97. The van der Waals surface area contributed by atoms with E-state index in [-0.39, 0.29) is 0 Å². The molecule has 0 bridgehead atoms. The predicted molar refractivity (Wildman–Crippen MR) is 94.8 cm³/mol. The molecule has 2 nitrogen and oxygen atoms in total. The number of nitrogens with one attached hydrogen (secondary N) is 1. The summed E-state index contributed by atoms with van der Waals surface area (Å²) in [6.45, 7) is 9.18. The van der Waals surface area contributed by atoms with Crippen molar-refractivity contribution in [3.63, 3.8) is 0 Å². The standard InChI is InChI=1S/C17H29BrN2/c1-12(2)9-15(10-13(3)4)19-16-11-14(18)7-8-17(16)20(5)6/h7-8,11-13,15,19H,9-10H2,1-6H3. The molecule has 0 saturated carbocycles. The van der Waals surface area contributed by atoms with Crippen molar-refractivity contribution in [1.29, 1.82) is 0 Å². The molecule has 0 heterocycles. The van der Waals surface area contributed by atoms with Crippen LogP contribution >= 0.6 is 15.9 Å². The Morgan fingerprint density at radius 1 is 1.05 bits per heavy atom. The Morgan fingerprint density at radius 2 is 1.60 bits per heavy atom. The molecule has 0 spiro atoms. The molecule has 0 aliphatic heterocycles. The van der Waals surface area contributed by atoms with Gasteiger partial charge in [0.2, 0.25) is 0 Å². The summed E-state index contributed by atoms with van der Waals surface area (Å²) < 4.78 is 1.12. The number of hydrogen-bond acceptors (Lipinski definition) is 2. The Kier molecular flexibility index (Phi) is 6.87. The van der Waals surface area contributed by atoms with E-state index >= 15 is 0 Å². The van der Waals surface area contributed by atoms with Crippen LogP contribution in [0.3, 0.4) is 0 Å². The van der Waals surface area contributed by atoms with Gasteiger partial charge in [0, 0.05) is 24.6 Å². The van der Waals surface area contributed by atoms with Crippen LogP contribution in [0.15, 0.2) is 22.7 Å².